The second kappa shape index (κ2) is 6.90. The first-order valence-electron chi connectivity index (χ1n) is 8.17. The number of ether oxygens (including phenoxy) is 1. The normalized spacial score (nSPS) is 18.4. The molecular formula is C17H22N4O3. The fourth-order valence-electron chi connectivity index (χ4n) is 2.91. The molecule has 128 valence electrons. The van der Waals surface area contributed by atoms with Crippen LogP contribution < -0.4 is 15.4 Å². The standard InChI is InChI=1S/C17H22N4O3/c1-4-14(16-19-11(3)24-21-16)20-17(22)18-10(2)13-9-23-15-8-6-5-7-12(13)15/h5-8,10,13-14H,4,9H2,1-3H3,(H2,18,20,22)/t10-,13-,14-/m0/s1. The van der Waals surface area contributed by atoms with Gasteiger partial charge in [0.25, 0.3) is 0 Å². The Labute approximate surface area is 140 Å². The van der Waals surface area contributed by atoms with E-state index in [0.29, 0.717) is 24.7 Å². The summed E-state index contributed by atoms with van der Waals surface area (Å²) in [5.74, 6) is 2.01. The number of hydrogen-bond donors (Lipinski definition) is 2. The third-order valence-electron chi connectivity index (χ3n) is 4.27. The average molecular weight is 330 g/mol. The predicted molar refractivity (Wildman–Crippen MR) is 87.9 cm³/mol. The zero-order valence-corrected chi connectivity index (χ0v) is 14.1. The number of amides is 2. The molecule has 1 aromatic carbocycles. The molecule has 0 fully saturated rings. The minimum Gasteiger partial charge on any atom is -0.493 e. The van der Waals surface area contributed by atoms with Gasteiger partial charge in [-0.25, -0.2) is 4.79 Å². The minimum absolute atomic E-state index is 0.0573. The Balaban J connectivity index is 1.60. The molecule has 0 saturated carbocycles. The molecule has 0 saturated heterocycles. The number of aryl methyl sites for hydroxylation is 1. The van der Waals surface area contributed by atoms with E-state index >= 15 is 0 Å². The van der Waals surface area contributed by atoms with Gasteiger partial charge in [0.05, 0.1) is 12.6 Å². The van der Waals surface area contributed by atoms with E-state index in [1.165, 1.54) is 0 Å². The first-order valence-corrected chi connectivity index (χ1v) is 8.17. The molecule has 2 amide bonds. The minimum atomic E-state index is -0.276. The second-order valence-corrected chi connectivity index (χ2v) is 5.99. The lowest BCUT2D eigenvalue weighted by molar-refractivity contribution is 0.228. The van der Waals surface area contributed by atoms with Crippen molar-refractivity contribution in [2.24, 2.45) is 0 Å². The van der Waals surface area contributed by atoms with Gasteiger partial charge in [-0.05, 0) is 19.4 Å². The van der Waals surface area contributed by atoms with Crippen LogP contribution in [0.25, 0.3) is 0 Å². The highest BCUT2D eigenvalue weighted by atomic mass is 16.5. The number of carbonyl (C=O) groups excluding carboxylic acids is 1. The summed E-state index contributed by atoms with van der Waals surface area (Å²) in [4.78, 5) is 16.5. The van der Waals surface area contributed by atoms with Crippen LogP contribution in [0.2, 0.25) is 0 Å². The molecule has 0 radical (unpaired) electrons. The third kappa shape index (κ3) is 3.34. The Kier molecular flexibility index (Phi) is 4.69. The largest absolute Gasteiger partial charge is 0.493 e. The second-order valence-electron chi connectivity index (χ2n) is 5.99. The van der Waals surface area contributed by atoms with Gasteiger partial charge in [-0.3, -0.25) is 0 Å². The average Bonchev–Trinajstić information content (AvgIpc) is 3.18. The molecule has 2 N–H and O–H groups in total. The van der Waals surface area contributed by atoms with Crippen LogP contribution in [0.5, 0.6) is 5.75 Å². The van der Waals surface area contributed by atoms with Gasteiger partial charge in [-0.1, -0.05) is 30.3 Å². The maximum Gasteiger partial charge on any atom is 0.315 e. The molecule has 24 heavy (non-hydrogen) atoms. The van der Waals surface area contributed by atoms with E-state index in [1.807, 2.05) is 38.1 Å². The third-order valence-corrected chi connectivity index (χ3v) is 4.27. The summed E-state index contributed by atoms with van der Waals surface area (Å²) in [6.45, 7) is 6.24. The van der Waals surface area contributed by atoms with Gasteiger partial charge >= 0.3 is 6.03 Å². The highest BCUT2D eigenvalue weighted by molar-refractivity contribution is 5.74. The summed E-state index contributed by atoms with van der Waals surface area (Å²) in [6.07, 6.45) is 0.677. The number of aromatic nitrogens is 2. The molecule has 7 heteroatoms. The Morgan fingerprint density at radius 2 is 2.17 bits per heavy atom. The number of fused-ring (bicyclic) bond motifs is 1. The molecule has 0 spiro atoms. The monoisotopic (exact) mass is 330 g/mol. The molecule has 1 aromatic heterocycles. The van der Waals surface area contributed by atoms with Crippen LogP contribution in [0, 0.1) is 6.92 Å². The van der Waals surface area contributed by atoms with Gasteiger partial charge in [0.15, 0.2) is 5.82 Å². The van der Waals surface area contributed by atoms with Crippen LogP contribution in [-0.2, 0) is 0 Å². The first-order chi connectivity index (χ1) is 11.6. The van der Waals surface area contributed by atoms with Gasteiger partial charge in [0, 0.05) is 24.4 Å². The highest BCUT2D eigenvalue weighted by Crippen LogP contribution is 2.35. The van der Waals surface area contributed by atoms with E-state index in [2.05, 4.69) is 20.8 Å². The van der Waals surface area contributed by atoms with Crippen LogP contribution >= 0.6 is 0 Å². The summed E-state index contributed by atoms with van der Waals surface area (Å²) >= 11 is 0. The van der Waals surface area contributed by atoms with Crippen molar-refractivity contribution >= 4 is 6.03 Å². The molecule has 0 aliphatic carbocycles. The van der Waals surface area contributed by atoms with Crippen molar-refractivity contribution in [2.75, 3.05) is 6.61 Å². The van der Waals surface area contributed by atoms with Crippen LogP contribution in [0.1, 0.15) is 49.5 Å². The maximum absolute atomic E-state index is 12.3. The number of urea groups is 1. The predicted octanol–water partition coefficient (Wildman–Crippen LogP) is 2.69. The van der Waals surface area contributed by atoms with E-state index in [-0.39, 0.29) is 24.0 Å². The molecule has 2 aromatic rings. The quantitative estimate of drug-likeness (QED) is 0.880. The number of hydrogen-bond acceptors (Lipinski definition) is 5. The van der Waals surface area contributed by atoms with Crippen molar-refractivity contribution in [3.63, 3.8) is 0 Å². The number of benzene rings is 1. The lowest BCUT2D eigenvalue weighted by atomic mass is 9.94. The lowest BCUT2D eigenvalue weighted by Gasteiger charge is -2.22. The van der Waals surface area contributed by atoms with Crippen molar-refractivity contribution in [3.05, 3.63) is 41.5 Å². The van der Waals surface area contributed by atoms with Crippen molar-refractivity contribution in [2.45, 2.75) is 45.2 Å². The van der Waals surface area contributed by atoms with Crippen LogP contribution in [0.4, 0.5) is 4.79 Å². The van der Waals surface area contributed by atoms with Crippen molar-refractivity contribution in [3.8, 4) is 5.75 Å². The van der Waals surface area contributed by atoms with Crippen LogP contribution in [0.15, 0.2) is 28.8 Å². The van der Waals surface area contributed by atoms with Gasteiger partial charge in [-0.2, -0.15) is 4.98 Å². The van der Waals surface area contributed by atoms with Crippen molar-refractivity contribution in [1.29, 1.82) is 0 Å². The Morgan fingerprint density at radius 1 is 1.38 bits per heavy atom. The number of nitrogens with zero attached hydrogens (tertiary/aromatic N) is 2. The molecule has 0 unspecified atom stereocenters. The molecule has 0 bridgehead atoms. The van der Waals surface area contributed by atoms with Gasteiger partial charge in [0.2, 0.25) is 5.89 Å². The fourth-order valence-corrected chi connectivity index (χ4v) is 2.91. The first kappa shape index (κ1) is 16.3. The van der Waals surface area contributed by atoms with Gasteiger partial charge in [0.1, 0.15) is 5.75 Å². The SMILES string of the molecule is CC[C@H](NC(=O)N[C@@H](C)[C@@H]1COc2ccccc21)c1noc(C)n1. The Hall–Kier alpha value is -2.57. The van der Waals surface area contributed by atoms with Crippen LogP contribution in [-0.4, -0.2) is 28.8 Å². The summed E-state index contributed by atoms with van der Waals surface area (Å²) in [6, 6.07) is 7.35. The van der Waals surface area contributed by atoms with Crippen LogP contribution in [0.3, 0.4) is 0 Å². The number of nitrogens with one attached hydrogen (secondary N) is 2. The van der Waals surface area contributed by atoms with Gasteiger partial charge < -0.3 is 19.9 Å². The van der Waals surface area contributed by atoms with Crippen molar-refractivity contribution < 1.29 is 14.1 Å². The van der Waals surface area contributed by atoms with E-state index in [1.54, 1.807) is 6.92 Å². The van der Waals surface area contributed by atoms with E-state index in [9.17, 15) is 4.79 Å². The molecule has 1 aliphatic rings. The van der Waals surface area contributed by atoms with E-state index in [4.69, 9.17) is 9.26 Å². The lowest BCUT2D eigenvalue weighted by Crippen LogP contribution is -2.45. The summed E-state index contributed by atoms with van der Waals surface area (Å²) in [5, 5.41) is 9.76. The molecule has 3 rings (SSSR count). The summed E-state index contributed by atoms with van der Waals surface area (Å²) in [5.41, 5.74) is 1.13. The van der Waals surface area contributed by atoms with E-state index < -0.39 is 0 Å². The zero-order valence-electron chi connectivity index (χ0n) is 14.1. The number of carbonyl (C=O) groups is 1. The maximum atomic E-state index is 12.3. The number of para-hydroxylation sites is 1. The van der Waals surface area contributed by atoms with Gasteiger partial charge in [-0.15, -0.1) is 0 Å². The molecular weight excluding hydrogens is 308 g/mol. The van der Waals surface area contributed by atoms with E-state index in [0.717, 1.165) is 11.3 Å². The topological polar surface area (TPSA) is 89.3 Å². The van der Waals surface area contributed by atoms with Crippen molar-refractivity contribution in [1.82, 2.24) is 20.8 Å². The zero-order chi connectivity index (χ0) is 17.1. The highest BCUT2D eigenvalue weighted by Gasteiger charge is 2.30. The number of rotatable bonds is 5. The molecule has 2 heterocycles. The Morgan fingerprint density at radius 3 is 2.88 bits per heavy atom. The molecule has 1 aliphatic heterocycles. The summed E-state index contributed by atoms with van der Waals surface area (Å²) < 4.78 is 10.7. The fraction of sp³-hybridized carbons (Fsp3) is 0.471. The summed E-state index contributed by atoms with van der Waals surface area (Å²) in [7, 11) is 0. The smallest absolute Gasteiger partial charge is 0.315 e. The molecule has 7 nitrogen and oxygen atoms in total. The molecule has 3 atom stereocenters. The Bertz CT molecular complexity index is 715.